The van der Waals surface area contributed by atoms with Gasteiger partial charge in [0.1, 0.15) is 17.4 Å². The van der Waals surface area contributed by atoms with Crippen molar-refractivity contribution in [3.05, 3.63) is 46.4 Å². The van der Waals surface area contributed by atoms with Crippen molar-refractivity contribution in [1.82, 2.24) is 9.88 Å². The molecule has 3 rings (SSSR count). The number of nitrogens with zero attached hydrogens (tertiary/aromatic N) is 2. The maximum absolute atomic E-state index is 12.6. The van der Waals surface area contributed by atoms with E-state index in [-0.39, 0.29) is 29.9 Å². The molecule has 0 N–H and O–H groups in total. The summed E-state index contributed by atoms with van der Waals surface area (Å²) < 4.78 is 29.0. The Morgan fingerprint density at radius 3 is 2.77 bits per heavy atom. The Balaban J connectivity index is 1.56. The van der Waals surface area contributed by atoms with E-state index in [0.29, 0.717) is 25.3 Å². The Labute approximate surface area is 157 Å². The van der Waals surface area contributed by atoms with Crippen LogP contribution in [0.15, 0.2) is 35.7 Å². The first-order chi connectivity index (χ1) is 12.5. The van der Waals surface area contributed by atoms with E-state index in [1.165, 1.54) is 11.3 Å². The average Bonchev–Trinajstić information content (AvgIpc) is 3.21. The van der Waals surface area contributed by atoms with Gasteiger partial charge < -0.3 is 9.64 Å². The largest absolute Gasteiger partial charge is 0.486 e. The minimum absolute atomic E-state index is 0.0693. The van der Waals surface area contributed by atoms with Crippen molar-refractivity contribution in [2.24, 2.45) is 0 Å². The highest BCUT2D eigenvalue weighted by molar-refractivity contribution is 7.91. The summed E-state index contributed by atoms with van der Waals surface area (Å²) in [5.74, 6) is 0.939. The molecule has 0 bridgehead atoms. The van der Waals surface area contributed by atoms with Crippen LogP contribution >= 0.6 is 11.3 Å². The molecule has 1 atom stereocenters. The summed E-state index contributed by atoms with van der Waals surface area (Å²) in [6, 6.07) is 9.29. The standard InChI is InChI=1S/C18H22N2O4S2/c1-2-20(15-8-9-26(22,23)13-15)18(21)10-14-12-25-17(19-14)11-24-16-6-4-3-5-7-16/h3-7,12,15H,2,8-11,13H2,1H3. The fraction of sp³-hybridized carbons (Fsp3) is 0.444. The van der Waals surface area contributed by atoms with Crippen molar-refractivity contribution < 1.29 is 17.9 Å². The number of thiazole rings is 1. The van der Waals surface area contributed by atoms with Crippen molar-refractivity contribution in [1.29, 1.82) is 0 Å². The van der Waals surface area contributed by atoms with Crippen molar-refractivity contribution in [2.45, 2.75) is 32.4 Å². The number of sulfone groups is 1. The molecule has 1 saturated heterocycles. The summed E-state index contributed by atoms with van der Waals surface area (Å²) in [6.07, 6.45) is 0.710. The second-order valence-electron chi connectivity index (χ2n) is 6.25. The Bertz CT molecular complexity index is 849. The van der Waals surface area contributed by atoms with E-state index in [4.69, 9.17) is 4.74 Å². The number of carbonyl (C=O) groups excluding carboxylic acids is 1. The quantitative estimate of drug-likeness (QED) is 0.720. The van der Waals surface area contributed by atoms with Crippen molar-refractivity contribution in [3.63, 3.8) is 0 Å². The summed E-state index contributed by atoms with van der Waals surface area (Å²) in [4.78, 5) is 18.7. The number of likely N-dealkylation sites (N-methyl/N-ethyl adjacent to an activating group) is 1. The van der Waals surface area contributed by atoms with Crippen LogP contribution in [0.3, 0.4) is 0 Å². The van der Waals surface area contributed by atoms with Gasteiger partial charge in [0.2, 0.25) is 5.91 Å². The molecule has 8 heteroatoms. The van der Waals surface area contributed by atoms with Crippen LogP contribution in [-0.4, -0.2) is 48.3 Å². The lowest BCUT2D eigenvalue weighted by Crippen LogP contribution is -2.41. The molecular formula is C18H22N2O4S2. The molecule has 140 valence electrons. The van der Waals surface area contributed by atoms with E-state index >= 15 is 0 Å². The summed E-state index contributed by atoms with van der Waals surface area (Å²) in [7, 11) is -3.01. The number of benzene rings is 1. The zero-order chi connectivity index (χ0) is 18.6. The van der Waals surface area contributed by atoms with Gasteiger partial charge in [-0.3, -0.25) is 4.79 Å². The molecule has 0 saturated carbocycles. The summed E-state index contributed by atoms with van der Waals surface area (Å²) in [6.45, 7) is 2.75. The second-order valence-corrected chi connectivity index (χ2v) is 9.42. The Hall–Kier alpha value is -1.93. The highest BCUT2D eigenvalue weighted by atomic mass is 32.2. The first kappa shape index (κ1) is 18.8. The lowest BCUT2D eigenvalue weighted by atomic mass is 10.2. The van der Waals surface area contributed by atoms with Gasteiger partial charge in [-0.05, 0) is 25.5 Å². The number of hydrogen-bond donors (Lipinski definition) is 0. The third kappa shape index (κ3) is 4.82. The van der Waals surface area contributed by atoms with Crippen LogP contribution in [0.1, 0.15) is 24.0 Å². The summed E-state index contributed by atoms with van der Waals surface area (Å²) in [5.41, 5.74) is 0.700. The van der Waals surface area contributed by atoms with E-state index in [2.05, 4.69) is 4.98 Å². The van der Waals surface area contributed by atoms with Gasteiger partial charge in [-0.1, -0.05) is 18.2 Å². The zero-order valence-corrected chi connectivity index (χ0v) is 16.3. The molecule has 1 aromatic heterocycles. The molecule has 0 radical (unpaired) electrons. The topological polar surface area (TPSA) is 76.6 Å². The third-order valence-corrected chi connectivity index (χ3v) is 6.97. The monoisotopic (exact) mass is 394 g/mol. The molecule has 2 aromatic rings. The number of hydrogen-bond acceptors (Lipinski definition) is 6. The first-order valence-corrected chi connectivity index (χ1v) is 11.3. The molecule has 1 unspecified atom stereocenters. The molecule has 1 aliphatic rings. The van der Waals surface area contributed by atoms with Crippen LogP contribution in [0.25, 0.3) is 0 Å². The van der Waals surface area contributed by atoms with Gasteiger partial charge >= 0.3 is 0 Å². The fourth-order valence-corrected chi connectivity index (χ4v) is 5.51. The zero-order valence-electron chi connectivity index (χ0n) is 14.6. The Kier molecular flexibility index (Phi) is 5.93. The van der Waals surface area contributed by atoms with Gasteiger partial charge in [0, 0.05) is 18.0 Å². The van der Waals surface area contributed by atoms with Crippen LogP contribution < -0.4 is 4.74 Å². The normalized spacial score (nSPS) is 18.6. The minimum Gasteiger partial charge on any atom is -0.486 e. The van der Waals surface area contributed by atoms with Gasteiger partial charge in [0.15, 0.2) is 9.84 Å². The van der Waals surface area contributed by atoms with Crippen LogP contribution in [-0.2, 0) is 27.7 Å². The van der Waals surface area contributed by atoms with Crippen molar-refractivity contribution in [3.8, 4) is 5.75 Å². The molecule has 0 aliphatic carbocycles. The van der Waals surface area contributed by atoms with Crippen LogP contribution in [0, 0.1) is 0 Å². The molecular weight excluding hydrogens is 372 g/mol. The molecule has 26 heavy (non-hydrogen) atoms. The first-order valence-electron chi connectivity index (χ1n) is 8.58. The highest BCUT2D eigenvalue weighted by Crippen LogP contribution is 2.20. The predicted octanol–water partition coefficient (Wildman–Crippen LogP) is 2.30. The van der Waals surface area contributed by atoms with Crippen molar-refractivity contribution in [2.75, 3.05) is 18.1 Å². The van der Waals surface area contributed by atoms with Gasteiger partial charge in [-0.15, -0.1) is 11.3 Å². The van der Waals surface area contributed by atoms with E-state index in [1.54, 1.807) is 4.90 Å². The van der Waals surface area contributed by atoms with Gasteiger partial charge in [-0.25, -0.2) is 13.4 Å². The summed E-state index contributed by atoms with van der Waals surface area (Å²) in [5, 5.41) is 2.67. The maximum atomic E-state index is 12.6. The lowest BCUT2D eigenvalue weighted by molar-refractivity contribution is -0.132. The lowest BCUT2D eigenvalue weighted by Gasteiger charge is -2.26. The molecule has 1 fully saturated rings. The predicted molar refractivity (Wildman–Crippen MR) is 101 cm³/mol. The molecule has 1 aliphatic heterocycles. The third-order valence-electron chi connectivity index (χ3n) is 4.35. The summed E-state index contributed by atoms with van der Waals surface area (Å²) >= 11 is 1.46. The molecule has 2 heterocycles. The fourth-order valence-electron chi connectivity index (χ4n) is 3.07. The second kappa shape index (κ2) is 8.18. The van der Waals surface area contributed by atoms with Gasteiger partial charge in [0.05, 0.1) is 23.6 Å². The van der Waals surface area contributed by atoms with Crippen LogP contribution in [0.4, 0.5) is 0 Å². The smallest absolute Gasteiger partial charge is 0.228 e. The number of aromatic nitrogens is 1. The van der Waals surface area contributed by atoms with E-state index in [0.717, 1.165) is 10.8 Å². The average molecular weight is 395 g/mol. The highest BCUT2D eigenvalue weighted by Gasteiger charge is 2.33. The minimum atomic E-state index is -3.01. The number of rotatable bonds is 7. The molecule has 1 amide bonds. The number of para-hydroxylation sites is 1. The van der Waals surface area contributed by atoms with E-state index in [9.17, 15) is 13.2 Å². The number of amides is 1. The molecule has 1 aromatic carbocycles. The Morgan fingerprint density at radius 2 is 2.12 bits per heavy atom. The van der Waals surface area contributed by atoms with Crippen molar-refractivity contribution >= 4 is 27.1 Å². The van der Waals surface area contributed by atoms with E-state index < -0.39 is 9.84 Å². The molecule has 6 nitrogen and oxygen atoms in total. The SMILES string of the molecule is CCN(C(=O)Cc1csc(COc2ccccc2)n1)C1CCS(=O)(=O)C1. The van der Waals surface area contributed by atoms with Gasteiger partial charge in [-0.2, -0.15) is 0 Å². The van der Waals surface area contributed by atoms with Gasteiger partial charge in [0.25, 0.3) is 0 Å². The van der Waals surface area contributed by atoms with Crippen LogP contribution in [0.2, 0.25) is 0 Å². The maximum Gasteiger partial charge on any atom is 0.228 e. The van der Waals surface area contributed by atoms with Crippen LogP contribution in [0.5, 0.6) is 5.75 Å². The number of ether oxygens (including phenoxy) is 1. The molecule has 0 spiro atoms. The van der Waals surface area contributed by atoms with E-state index in [1.807, 2.05) is 42.6 Å². The number of carbonyl (C=O) groups is 1. The Morgan fingerprint density at radius 1 is 1.35 bits per heavy atom.